The molecule has 2 aromatic rings. The summed E-state index contributed by atoms with van der Waals surface area (Å²) in [5.74, 6) is -0.0561. The summed E-state index contributed by atoms with van der Waals surface area (Å²) in [7, 11) is 0. The molecule has 0 aliphatic carbocycles. The molecule has 0 unspecified atom stereocenters. The number of hydrogen-bond donors (Lipinski definition) is 1. The van der Waals surface area contributed by atoms with Gasteiger partial charge in [0.2, 0.25) is 0 Å². The van der Waals surface area contributed by atoms with Gasteiger partial charge in [0.05, 0.1) is 0 Å². The predicted molar refractivity (Wildman–Crippen MR) is 92.4 cm³/mol. The maximum atomic E-state index is 12.3. The standard InChI is InChI=1S/C18H20BrNO/c1-13-9-14(2)11-16(10-13)18(21)20-17-7-3-5-15(12-17)6-4-8-19/h3,5,7,9-12H,4,6,8H2,1-2H3,(H,20,21). The van der Waals surface area contributed by atoms with E-state index in [1.165, 1.54) is 5.56 Å². The lowest BCUT2D eigenvalue weighted by Gasteiger charge is -2.09. The number of carbonyl (C=O) groups excluding carboxylic acids is 1. The maximum absolute atomic E-state index is 12.3. The Kier molecular flexibility index (Phi) is 5.57. The van der Waals surface area contributed by atoms with Crippen molar-refractivity contribution in [2.75, 3.05) is 10.6 Å². The first-order chi connectivity index (χ1) is 10.1. The van der Waals surface area contributed by atoms with Crippen LogP contribution in [0.2, 0.25) is 0 Å². The minimum absolute atomic E-state index is 0.0561. The van der Waals surface area contributed by atoms with Crippen molar-refractivity contribution in [1.29, 1.82) is 0 Å². The van der Waals surface area contributed by atoms with Gasteiger partial charge in [0, 0.05) is 16.6 Å². The first kappa shape index (κ1) is 15.8. The van der Waals surface area contributed by atoms with Gasteiger partial charge in [0.15, 0.2) is 0 Å². The molecule has 110 valence electrons. The number of amides is 1. The monoisotopic (exact) mass is 345 g/mol. The highest BCUT2D eigenvalue weighted by Crippen LogP contribution is 2.15. The van der Waals surface area contributed by atoms with Gasteiger partial charge in [-0.05, 0) is 56.5 Å². The van der Waals surface area contributed by atoms with Crippen molar-refractivity contribution in [3.8, 4) is 0 Å². The van der Waals surface area contributed by atoms with E-state index in [4.69, 9.17) is 0 Å². The zero-order chi connectivity index (χ0) is 15.2. The second kappa shape index (κ2) is 7.41. The van der Waals surface area contributed by atoms with E-state index < -0.39 is 0 Å². The van der Waals surface area contributed by atoms with Crippen LogP contribution < -0.4 is 5.32 Å². The lowest BCUT2D eigenvalue weighted by atomic mass is 10.1. The van der Waals surface area contributed by atoms with Gasteiger partial charge in [-0.2, -0.15) is 0 Å². The highest BCUT2D eigenvalue weighted by atomic mass is 79.9. The smallest absolute Gasteiger partial charge is 0.255 e. The number of rotatable bonds is 5. The summed E-state index contributed by atoms with van der Waals surface area (Å²) in [5, 5.41) is 3.97. The average Bonchev–Trinajstić information content (AvgIpc) is 2.44. The first-order valence-corrected chi connectivity index (χ1v) is 8.25. The van der Waals surface area contributed by atoms with Gasteiger partial charge in [-0.15, -0.1) is 0 Å². The molecule has 0 aromatic heterocycles. The molecule has 2 nitrogen and oxygen atoms in total. The molecule has 0 saturated carbocycles. The van der Waals surface area contributed by atoms with E-state index in [1.54, 1.807) is 0 Å². The largest absolute Gasteiger partial charge is 0.322 e. The van der Waals surface area contributed by atoms with E-state index >= 15 is 0 Å². The quantitative estimate of drug-likeness (QED) is 0.768. The van der Waals surface area contributed by atoms with Crippen LogP contribution >= 0.6 is 15.9 Å². The molecular formula is C18H20BrNO. The van der Waals surface area contributed by atoms with E-state index in [-0.39, 0.29) is 5.91 Å². The van der Waals surface area contributed by atoms with Crippen molar-refractivity contribution < 1.29 is 4.79 Å². The minimum atomic E-state index is -0.0561. The highest BCUT2D eigenvalue weighted by Gasteiger charge is 2.07. The third-order valence-electron chi connectivity index (χ3n) is 3.27. The van der Waals surface area contributed by atoms with Crippen molar-refractivity contribution in [2.24, 2.45) is 0 Å². The zero-order valence-electron chi connectivity index (χ0n) is 12.4. The molecule has 0 aliphatic rings. The van der Waals surface area contributed by atoms with Gasteiger partial charge in [0.1, 0.15) is 0 Å². The average molecular weight is 346 g/mol. The van der Waals surface area contributed by atoms with Crippen molar-refractivity contribution >= 4 is 27.5 Å². The van der Waals surface area contributed by atoms with Gasteiger partial charge in [-0.3, -0.25) is 4.79 Å². The van der Waals surface area contributed by atoms with Crippen LogP contribution in [0.4, 0.5) is 5.69 Å². The van der Waals surface area contributed by atoms with Crippen LogP contribution in [0, 0.1) is 13.8 Å². The van der Waals surface area contributed by atoms with Crippen LogP contribution in [-0.2, 0) is 6.42 Å². The summed E-state index contributed by atoms with van der Waals surface area (Å²) in [4.78, 5) is 12.3. The van der Waals surface area contributed by atoms with Crippen LogP contribution in [0.25, 0.3) is 0 Å². The number of aryl methyl sites for hydroxylation is 3. The molecular weight excluding hydrogens is 326 g/mol. The second-order valence-electron chi connectivity index (χ2n) is 5.32. The third kappa shape index (κ3) is 4.71. The Hall–Kier alpha value is -1.61. The van der Waals surface area contributed by atoms with Crippen molar-refractivity contribution in [1.82, 2.24) is 0 Å². The highest BCUT2D eigenvalue weighted by molar-refractivity contribution is 9.09. The third-order valence-corrected chi connectivity index (χ3v) is 3.83. The van der Waals surface area contributed by atoms with Gasteiger partial charge in [-0.1, -0.05) is 45.3 Å². The van der Waals surface area contributed by atoms with Gasteiger partial charge >= 0.3 is 0 Å². The number of nitrogens with one attached hydrogen (secondary N) is 1. The van der Waals surface area contributed by atoms with E-state index in [2.05, 4.69) is 33.4 Å². The predicted octanol–water partition coefficient (Wildman–Crippen LogP) is 4.88. The minimum Gasteiger partial charge on any atom is -0.322 e. The molecule has 3 heteroatoms. The summed E-state index contributed by atoms with van der Waals surface area (Å²) in [6.07, 6.45) is 2.10. The molecule has 0 spiro atoms. The molecule has 21 heavy (non-hydrogen) atoms. The van der Waals surface area contributed by atoms with Crippen LogP contribution in [0.5, 0.6) is 0 Å². The van der Waals surface area contributed by atoms with Gasteiger partial charge < -0.3 is 5.32 Å². The normalized spacial score (nSPS) is 10.4. The fourth-order valence-corrected chi connectivity index (χ4v) is 2.66. The molecule has 2 rings (SSSR count). The van der Waals surface area contributed by atoms with E-state index in [1.807, 2.05) is 44.2 Å². The molecule has 0 atom stereocenters. The van der Waals surface area contributed by atoms with E-state index in [0.29, 0.717) is 5.56 Å². The molecule has 1 amide bonds. The second-order valence-corrected chi connectivity index (χ2v) is 6.12. The molecule has 0 fully saturated rings. The number of alkyl halides is 1. The van der Waals surface area contributed by atoms with Crippen LogP contribution in [0.1, 0.15) is 33.5 Å². The summed E-state index contributed by atoms with van der Waals surface area (Å²) in [6, 6.07) is 13.9. The van der Waals surface area contributed by atoms with Gasteiger partial charge in [-0.25, -0.2) is 0 Å². The maximum Gasteiger partial charge on any atom is 0.255 e. The van der Waals surface area contributed by atoms with E-state index in [0.717, 1.165) is 35.0 Å². The molecule has 0 bridgehead atoms. The summed E-state index contributed by atoms with van der Waals surface area (Å²) in [6.45, 7) is 4.01. The lowest BCUT2D eigenvalue weighted by Crippen LogP contribution is -2.12. The Morgan fingerprint density at radius 2 is 1.81 bits per heavy atom. The Bertz CT molecular complexity index is 617. The lowest BCUT2D eigenvalue weighted by molar-refractivity contribution is 0.102. The number of hydrogen-bond acceptors (Lipinski definition) is 1. The van der Waals surface area contributed by atoms with Crippen LogP contribution in [-0.4, -0.2) is 11.2 Å². The molecule has 0 saturated heterocycles. The van der Waals surface area contributed by atoms with Crippen molar-refractivity contribution in [3.63, 3.8) is 0 Å². The summed E-state index contributed by atoms with van der Waals surface area (Å²) < 4.78 is 0. The molecule has 0 radical (unpaired) electrons. The van der Waals surface area contributed by atoms with Crippen molar-refractivity contribution in [2.45, 2.75) is 26.7 Å². The Morgan fingerprint density at radius 1 is 1.10 bits per heavy atom. The molecule has 2 aromatic carbocycles. The summed E-state index contributed by atoms with van der Waals surface area (Å²) in [5.41, 5.74) is 5.01. The SMILES string of the molecule is Cc1cc(C)cc(C(=O)Nc2cccc(CCCBr)c2)c1. The number of benzene rings is 2. The first-order valence-electron chi connectivity index (χ1n) is 7.13. The Balaban J connectivity index is 2.11. The topological polar surface area (TPSA) is 29.1 Å². The fraction of sp³-hybridized carbons (Fsp3) is 0.278. The molecule has 0 heterocycles. The van der Waals surface area contributed by atoms with E-state index in [9.17, 15) is 4.79 Å². The fourth-order valence-electron chi connectivity index (χ4n) is 2.38. The number of carbonyl (C=O) groups is 1. The van der Waals surface area contributed by atoms with Crippen LogP contribution in [0.3, 0.4) is 0 Å². The molecule has 0 aliphatic heterocycles. The number of anilines is 1. The Morgan fingerprint density at radius 3 is 2.48 bits per heavy atom. The molecule has 1 N–H and O–H groups in total. The number of halogens is 1. The van der Waals surface area contributed by atoms with Crippen LogP contribution in [0.15, 0.2) is 42.5 Å². The Labute approximate surface area is 134 Å². The van der Waals surface area contributed by atoms with Crippen molar-refractivity contribution in [3.05, 3.63) is 64.7 Å². The summed E-state index contributed by atoms with van der Waals surface area (Å²) >= 11 is 3.44. The zero-order valence-corrected chi connectivity index (χ0v) is 14.0. The van der Waals surface area contributed by atoms with Gasteiger partial charge in [0.25, 0.3) is 5.91 Å².